The minimum atomic E-state index is -1.35. The number of methoxy groups -OCH3 is 1. The fraction of sp³-hybridized carbons (Fsp3) is 0.588. The fourth-order valence-corrected chi connectivity index (χ4v) is 5.40. The Morgan fingerprint density at radius 2 is 2.32 bits per heavy atom. The van der Waals surface area contributed by atoms with E-state index >= 15 is 0 Å². The summed E-state index contributed by atoms with van der Waals surface area (Å²) < 4.78 is 11.7. The number of Topliss-reactive ketones (excluding diaryl/α,β-unsaturated/α-hetero) is 1. The number of aliphatic hydroxyl groups is 1. The Labute approximate surface area is 128 Å². The highest BCUT2D eigenvalue weighted by molar-refractivity contribution is 5.93. The lowest BCUT2D eigenvalue weighted by atomic mass is 9.49. The van der Waals surface area contributed by atoms with Gasteiger partial charge in [0, 0.05) is 18.0 Å². The van der Waals surface area contributed by atoms with Crippen molar-refractivity contribution in [2.75, 3.05) is 13.7 Å². The van der Waals surface area contributed by atoms with Gasteiger partial charge in [-0.05, 0) is 37.4 Å². The van der Waals surface area contributed by atoms with Crippen molar-refractivity contribution in [1.82, 2.24) is 5.32 Å². The average molecular weight is 301 g/mol. The number of ether oxygens (including phenoxy) is 2. The summed E-state index contributed by atoms with van der Waals surface area (Å²) in [6.07, 6.45) is 2.30. The molecule has 5 rings (SSSR count). The lowest BCUT2D eigenvalue weighted by Crippen LogP contribution is -2.78. The first kappa shape index (κ1) is 12.9. The predicted octanol–water partition coefficient (Wildman–Crippen LogP) is 0.706. The SMILES string of the molecule is COc1ccc2c3c1O[C@@H]1CCC(=O)[C@@]4(O)[C@@H](C2)NCC[C@]314. The summed E-state index contributed by atoms with van der Waals surface area (Å²) in [7, 11) is 1.63. The van der Waals surface area contributed by atoms with Crippen LogP contribution < -0.4 is 14.8 Å². The van der Waals surface area contributed by atoms with E-state index in [1.165, 1.54) is 5.56 Å². The molecule has 22 heavy (non-hydrogen) atoms. The van der Waals surface area contributed by atoms with Crippen LogP contribution in [0.4, 0.5) is 0 Å². The molecule has 2 N–H and O–H groups in total. The molecule has 1 aromatic rings. The normalized spacial score (nSPS) is 40.9. The number of hydrogen-bond donors (Lipinski definition) is 2. The number of ketones is 1. The zero-order chi connectivity index (χ0) is 15.1. The van der Waals surface area contributed by atoms with E-state index in [2.05, 4.69) is 11.4 Å². The van der Waals surface area contributed by atoms with Crippen molar-refractivity contribution in [3.05, 3.63) is 23.3 Å². The van der Waals surface area contributed by atoms with Crippen molar-refractivity contribution in [3.63, 3.8) is 0 Å². The summed E-state index contributed by atoms with van der Waals surface area (Å²) in [5.41, 5.74) is 0.258. The largest absolute Gasteiger partial charge is 0.493 e. The molecule has 2 aliphatic heterocycles. The maximum absolute atomic E-state index is 12.7. The van der Waals surface area contributed by atoms with Gasteiger partial charge in [-0.15, -0.1) is 0 Å². The van der Waals surface area contributed by atoms with E-state index in [1.807, 2.05) is 6.07 Å². The first-order valence-corrected chi connectivity index (χ1v) is 7.99. The molecule has 5 nitrogen and oxygen atoms in total. The highest BCUT2D eigenvalue weighted by Crippen LogP contribution is 2.63. The van der Waals surface area contributed by atoms with E-state index in [9.17, 15) is 9.90 Å². The van der Waals surface area contributed by atoms with E-state index in [4.69, 9.17) is 9.47 Å². The molecule has 2 aliphatic carbocycles. The van der Waals surface area contributed by atoms with Crippen LogP contribution in [0.15, 0.2) is 12.1 Å². The Balaban J connectivity index is 1.87. The molecule has 1 saturated carbocycles. The van der Waals surface area contributed by atoms with Crippen LogP contribution in [-0.4, -0.2) is 42.3 Å². The summed E-state index contributed by atoms with van der Waals surface area (Å²) >= 11 is 0. The standard InChI is InChI=1S/C17H19NO4/c1-21-10-3-2-9-8-11-17(20)12(19)4-5-13-16(17,6-7-18-11)14(9)15(10)22-13/h2-3,11,13,18,20H,4-8H2,1H3/t11-,13-,16-,17+/m1/s1. The van der Waals surface area contributed by atoms with Crippen molar-refractivity contribution in [2.24, 2.45) is 0 Å². The first-order valence-electron chi connectivity index (χ1n) is 7.99. The van der Waals surface area contributed by atoms with Crippen LogP contribution in [0.2, 0.25) is 0 Å². The average Bonchev–Trinajstić information content (AvgIpc) is 2.83. The van der Waals surface area contributed by atoms with Crippen LogP contribution in [0.25, 0.3) is 0 Å². The van der Waals surface area contributed by atoms with Crippen LogP contribution in [0.3, 0.4) is 0 Å². The molecule has 2 bridgehead atoms. The van der Waals surface area contributed by atoms with Crippen molar-refractivity contribution >= 4 is 5.78 Å². The quantitative estimate of drug-likeness (QED) is 0.799. The number of rotatable bonds is 1. The number of carbonyl (C=O) groups is 1. The van der Waals surface area contributed by atoms with E-state index < -0.39 is 11.0 Å². The monoisotopic (exact) mass is 301 g/mol. The van der Waals surface area contributed by atoms with Gasteiger partial charge < -0.3 is 19.9 Å². The summed E-state index contributed by atoms with van der Waals surface area (Å²) in [5, 5.41) is 14.9. The topological polar surface area (TPSA) is 67.8 Å². The molecule has 0 unspecified atom stereocenters. The summed E-state index contributed by atoms with van der Waals surface area (Å²) in [4.78, 5) is 12.7. The van der Waals surface area contributed by atoms with Crippen LogP contribution in [0.5, 0.6) is 11.5 Å². The molecular formula is C17H19NO4. The molecule has 0 amide bonds. The Kier molecular flexibility index (Phi) is 2.25. The summed E-state index contributed by atoms with van der Waals surface area (Å²) in [6, 6.07) is 3.78. The number of piperidine rings is 1. The van der Waals surface area contributed by atoms with E-state index in [1.54, 1.807) is 7.11 Å². The smallest absolute Gasteiger partial charge is 0.167 e. The zero-order valence-electron chi connectivity index (χ0n) is 12.5. The van der Waals surface area contributed by atoms with E-state index in [0.29, 0.717) is 25.0 Å². The maximum Gasteiger partial charge on any atom is 0.167 e. The van der Waals surface area contributed by atoms with E-state index in [-0.39, 0.29) is 17.9 Å². The molecule has 2 fully saturated rings. The highest BCUT2D eigenvalue weighted by Gasteiger charge is 2.73. The number of benzene rings is 1. The molecule has 0 aromatic heterocycles. The van der Waals surface area contributed by atoms with Gasteiger partial charge in [0.25, 0.3) is 0 Å². The van der Waals surface area contributed by atoms with Gasteiger partial charge >= 0.3 is 0 Å². The van der Waals surface area contributed by atoms with Crippen molar-refractivity contribution in [1.29, 1.82) is 0 Å². The number of carbonyl (C=O) groups excluding carboxylic acids is 1. The second-order valence-corrected chi connectivity index (χ2v) is 6.90. The third-order valence-electron chi connectivity index (χ3n) is 6.26. The molecule has 4 aliphatic rings. The lowest BCUT2D eigenvalue weighted by Gasteiger charge is -2.58. The van der Waals surface area contributed by atoms with Gasteiger partial charge in [-0.3, -0.25) is 4.79 Å². The molecular weight excluding hydrogens is 282 g/mol. The molecule has 1 aromatic carbocycles. The Bertz CT molecular complexity index is 702. The third kappa shape index (κ3) is 1.13. The Morgan fingerprint density at radius 1 is 1.45 bits per heavy atom. The Morgan fingerprint density at radius 3 is 3.14 bits per heavy atom. The minimum Gasteiger partial charge on any atom is -0.493 e. The molecule has 5 heteroatoms. The minimum absolute atomic E-state index is 0.0362. The maximum atomic E-state index is 12.7. The van der Waals surface area contributed by atoms with Crippen molar-refractivity contribution < 1.29 is 19.4 Å². The first-order chi connectivity index (χ1) is 10.6. The van der Waals surface area contributed by atoms with Crippen LogP contribution in [-0.2, 0) is 16.6 Å². The van der Waals surface area contributed by atoms with Gasteiger partial charge in [0.05, 0.1) is 12.5 Å². The number of nitrogens with one attached hydrogen (secondary N) is 1. The van der Waals surface area contributed by atoms with Crippen molar-refractivity contribution in [3.8, 4) is 11.5 Å². The van der Waals surface area contributed by atoms with Crippen LogP contribution in [0.1, 0.15) is 30.4 Å². The second kappa shape index (κ2) is 3.84. The lowest BCUT2D eigenvalue weighted by molar-refractivity contribution is -0.174. The third-order valence-corrected chi connectivity index (χ3v) is 6.26. The van der Waals surface area contributed by atoms with E-state index in [0.717, 1.165) is 24.3 Å². The second-order valence-electron chi connectivity index (χ2n) is 6.90. The predicted molar refractivity (Wildman–Crippen MR) is 78.4 cm³/mol. The van der Waals surface area contributed by atoms with Crippen molar-refractivity contribution in [2.45, 2.75) is 48.8 Å². The summed E-state index contributed by atoms with van der Waals surface area (Å²) in [6.45, 7) is 0.802. The van der Waals surface area contributed by atoms with Gasteiger partial charge in [-0.2, -0.15) is 0 Å². The molecule has 2 heterocycles. The summed E-state index contributed by atoms with van der Waals surface area (Å²) in [5.74, 6) is 1.42. The van der Waals surface area contributed by atoms with Gasteiger partial charge in [0.15, 0.2) is 22.9 Å². The highest BCUT2D eigenvalue weighted by atomic mass is 16.5. The number of hydrogen-bond acceptors (Lipinski definition) is 5. The Hall–Kier alpha value is -1.59. The van der Waals surface area contributed by atoms with Gasteiger partial charge in [0.1, 0.15) is 6.10 Å². The van der Waals surface area contributed by atoms with Gasteiger partial charge in [0.2, 0.25) is 0 Å². The molecule has 1 saturated heterocycles. The van der Waals surface area contributed by atoms with Crippen LogP contribution in [0, 0.1) is 0 Å². The molecule has 0 radical (unpaired) electrons. The molecule has 116 valence electrons. The van der Waals surface area contributed by atoms with Crippen LogP contribution >= 0.6 is 0 Å². The van der Waals surface area contributed by atoms with Gasteiger partial charge in [-0.25, -0.2) is 0 Å². The molecule has 1 spiro atoms. The fourth-order valence-electron chi connectivity index (χ4n) is 5.40. The van der Waals surface area contributed by atoms with Gasteiger partial charge in [-0.1, -0.05) is 6.07 Å². The zero-order valence-corrected chi connectivity index (χ0v) is 12.5. The molecule has 4 atom stereocenters.